The second kappa shape index (κ2) is 11.6. The molecule has 1 aliphatic rings. The van der Waals surface area contributed by atoms with Gasteiger partial charge in [-0.05, 0) is 32.2 Å². The van der Waals surface area contributed by atoms with Crippen molar-refractivity contribution in [3.05, 3.63) is 0 Å². The van der Waals surface area contributed by atoms with Crippen LogP contribution in [0.5, 0.6) is 0 Å². The smallest absolute Gasteiger partial charge is 0.0215 e. The molecule has 0 amide bonds. The Labute approximate surface area is 127 Å². The fourth-order valence-electron chi connectivity index (χ4n) is 3.60. The van der Waals surface area contributed by atoms with Gasteiger partial charge in [-0.2, -0.15) is 0 Å². The van der Waals surface area contributed by atoms with Crippen molar-refractivity contribution >= 4 is 0 Å². The third kappa shape index (κ3) is 7.64. The zero-order chi connectivity index (χ0) is 14.6. The minimum absolute atomic E-state index is 0.617. The van der Waals surface area contributed by atoms with Crippen molar-refractivity contribution in [3.8, 4) is 0 Å². The molecule has 120 valence electrons. The zero-order valence-electron chi connectivity index (χ0n) is 14.1. The van der Waals surface area contributed by atoms with E-state index in [4.69, 9.17) is 5.73 Å². The molecule has 0 bridgehead atoms. The van der Waals surface area contributed by atoms with Gasteiger partial charge in [0.05, 0.1) is 0 Å². The summed E-state index contributed by atoms with van der Waals surface area (Å²) in [7, 11) is 2.29. The summed E-state index contributed by atoms with van der Waals surface area (Å²) in [6.45, 7) is 4.39. The van der Waals surface area contributed by atoms with Gasteiger partial charge in [0, 0.05) is 19.1 Å². The van der Waals surface area contributed by atoms with Gasteiger partial charge < -0.3 is 10.6 Å². The molecule has 0 aromatic rings. The van der Waals surface area contributed by atoms with Gasteiger partial charge in [0.25, 0.3) is 0 Å². The average molecular weight is 283 g/mol. The molecule has 0 aliphatic heterocycles. The molecule has 2 N–H and O–H groups in total. The summed E-state index contributed by atoms with van der Waals surface area (Å²) >= 11 is 0. The van der Waals surface area contributed by atoms with E-state index in [1.165, 1.54) is 83.6 Å². The second-order valence-corrected chi connectivity index (χ2v) is 6.89. The number of nitrogens with two attached hydrogens (primary N) is 1. The molecule has 0 spiro atoms. The summed E-state index contributed by atoms with van der Waals surface area (Å²) in [6, 6.07) is 0.617. The van der Waals surface area contributed by atoms with Crippen LogP contribution in [0, 0.1) is 5.92 Å². The van der Waals surface area contributed by atoms with Crippen molar-refractivity contribution in [2.75, 3.05) is 20.1 Å². The van der Waals surface area contributed by atoms with Crippen LogP contribution in [0.1, 0.15) is 84.0 Å². The van der Waals surface area contributed by atoms with E-state index in [9.17, 15) is 0 Å². The molecule has 2 nitrogen and oxygen atoms in total. The van der Waals surface area contributed by atoms with Gasteiger partial charge in [-0.1, -0.05) is 64.7 Å². The van der Waals surface area contributed by atoms with Crippen LogP contribution in [0.4, 0.5) is 0 Å². The first kappa shape index (κ1) is 18.0. The van der Waals surface area contributed by atoms with Gasteiger partial charge in [0.2, 0.25) is 0 Å². The van der Waals surface area contributed by atoms with E-state index in [-0.39, 0.29) is 0 Å². The van der Waals surface area contributed by atoms with E-state index in [2.05, 4.69) is 18.9 Å². The van der Waals surface area contributed by atoms with Gasteiger partial charge >= 0.3 is 0 Å². The lowest BCUT2D eigenvalue weighted by molar-refractivity contribution is 0.198. The first-order chi connectivity index (χ1) is 9.77. The van der Waals surface area contributed by atoms with Crippen LogP contribution < -0.4 is 5.73 Å². The minimum atomic E-state index is 0.617. The van der Waals surface area contributed by atoms with Crippen molar-refractivity contribution in [1.29, 1.82) is 0 Å². The molecule has 1 rings (SSSR count). The van der Waals surface area contributed by atoms with E-state index in [1.54, 1.807) is 0 Å². The molecule has 0 aromatic heterocycles. The molecule has 0 heterocycles. The molecule has 20 heavy (non-hydrogen) atoms. The molecule has 0 saturated heterocycles. The van der Waals surface area contributed by atoms with Gasteiger partial charge in [-0.15, -0.1) is 0 Å². The maximum absolute atomic E-state index is 5.99. The highest BCUT2D eigenvalue weighted by Crippen LogP contribution is 2.26. The Bertz CT molecular complexity index is 211. The lowest BCUT2D eigenvalue weighted by Gasteiger charge is -2.29. The Morgan fingerprint density at radius 3 is 2.20 bits per heavy atom. The number of nitrogens with zero attached hydrogens (tertiary/aromatic N) is 1. The van der Waals surface area contributed by atoms with Crippen molar-refractivity contribution in [2.24, 2.45) is 11.7 Å². The van der Waals surface area contributed by atoms with E-state index in [0.717, 1.165) is 12.5 Å². The molecule has 0 radical (unpaired) electrons. The van der Waals surface area contributed by atoms with Crippen molar-refractivity contribution in [1.82, 2.24) is 4.90 Å². The summed E-state index contributed by atoms with van der Waals surface area (Å²) in [5.41, 5.74) is 5.99. The summed E-state index contributed by atoms with van der Waals surface area (Å²) in [5.74, 6) is 0.947. The topological polar surface area (TPSA) is 29.3 Å². The largest absolute Gasteiger partial charge is 0.329 e. The number of likely N-dealkylation sites (N-methyl/N-ethyl adjacent to an activating group) is 1. The normalized spacial score (nSPS) is 18.0. The quantitative estimate of drug-likeness (QED) is 0.531. The third-order valence-corrected chi connectivity index (χ3v) is 5.06. The molecule has 0 aromatic carbocycles. The monoisotopic (exact) mass is 282 g/mol. The van der Waals surface area contributed by atoms with Gasteiger partial charge in [0.15, 0.2) is 0 Å². The van der Waals surface area contributed by atoms with Crippen molar-refractivity contribution in [3.63, 3.8) is 0 Å². The number of rotatable bonds is 12. The summed E-state index contributed by atoms with van der Waals surface area (Å²) in [6.07, 6.45) is 16.9. The predicted molar refractivity (Wildman–Crippen MR) is 90.0 cm³/mol. The number of unbranched alkanes of at least 4 members (excludes halogenated alkanes) is 6. The minimum Gasteiger partial charge on any atom is -0.329 e. The lowest BCUT2D eigenvalue weighted by Crippen LogP contribution is -2.40. The standard InChI is InChI=1S/C18H38N2/c1-3-4-5-6-7-8-9-14-18(15-19)20(2)16-17-12-10-11-13-17/h17-18H,3-16,19H2,1-2H3. The van der Waals surface area contributed by atoms with E-state index < -0.39 is 0 Å². The molecule has 1 fully saturated rings. The van der Waals surface area contributed by atoms with E-state index in [0.29, 0.717) is 6.04 Å². The first-order valence-electron chi connectivity index (χ1n) is 9.18. The molecule has 2 heteroatoms. The Morgan fingerprint density at radius 2 is 1.60 bits per heavy atom. The van der Waals surface area contributed by atoms with Crippen LogP contribution in [0.2, 0.25) is 0 Å². The van der Waals surface area contributed by atoms with Crippen LogP contribution in [0.3, 0.4) is 0 Å². The highest BCUT2D eigenvalue weighted by atomic mass is 15.1. The van der Waals surface area contributed by atoms with E-state index in [1.807, 2.05) is 0 Å². The first-order valence-corrected chi connectivity index (χ1v) is 9.18. The van der Waals surface area contributed by atoms with Crippen LogP contribution in [-0.4, -0.2) is 31.1 Å². The second-order valence-electron chi connectivity index (χ2n) is 6.89. The summed E-state index contributed by atoms with van der Waals surface area (Å²) in [4.78, 5) is 2.55. The Balaban J connectivity index is 2.05. The summed E-state index contributed by atoms with van der Waals surface area (Å²) in [5, 5.41) is 0. The molecule has 1 atom stereocenters. The number of hydrogen-bond acceptors (Lipinski definition) is 2. The van der Waals surface area contributed by atoms with Gasteiger partial charge in [-0.3, -0.25) is 0 Å². The van der Waals surface area contributed by atoms with E-state index >= 15 is 0 Å². The van der Waals surface area contributed by atoms with Crippen molar-refractivity contribution < 1.29 is 0 Å². The van der Waals surface area contributed by atoms with Crippen LogP contribution >= 0.6 is 0 Å². The fraction of sp³-hybridized carbons (Fsp3) is 1.00. The van der Waals surface area contributed by atoms with Gasteiger partial charge in [0.1, 0.15) is 0 Å². The zero-order valence-corrected chi connectivity index (χ0v) is 14.1. The molecule has 1 saturated carbocycles. The van der Waals surface area contributed by atoms with Crippen LogP contribution in [0.15, 0.2) is 0 Å². The van der Waals surface area contributed by atoms with Crippen LogP contribution in [0.25, 0.3) is 0 Å². The predicted octanol–water partition coefficient (Wildman–Crippen LogP) is 4.58. The average Bonchev–Trinajstić information content (AvgIpc) is 2.94. The third-order valence-electron chi connectivity index (χ3n) is 5.06. The maximum atomic E-state index is 5.99. The maximum Gasteiger partial charge on any atom is 0.0215 e. The highest BCUT2D eigenvalue weighted by molar-refractivity contribution is 4.76. The molecular weight excluding hydrogens is 244 g/mol. The molecule has 1 unspecified atom stereocenters. The Morgan fingerprint density at radius 1 is 1.00 bits per heavy atom. The summed E-state index contributed by atoms with van der Waals surface area (Å²) < 4.78 is 0. The highest BCUT2D eigenvalue weighted by Gasteiger charge is 2.20. The number of hydrogen-bond donors (Lipinski definition) is 1. The van der Waals surface area contributed by atoms with Crippen molar-refractivity contribution in [2.45, 2.75) is 90.0 Å². The molecule has 1 aliphatic carbocycles. The SMILES string of the molecule is CCCCCCCCCC(CN)N(C)CC1CCCC1. The fourth-order valence-corrected chi connectivity index (χ4v) is 3.60. The Kier molecular flexibility index (Phi) is 10.4. The Hall–Kier alpha value is -0.0800. The lowest BCUT2D eigenvalue weighted by atomic mass is 10.0. The van der Waals surface area contributed by atoms with Gasteiger partial charge in [-0.25, -0.2) is 0 Å². The van der Waals surface area contributed by atoms with Crippen LogP contribution in [-0.2, 0) is 0 Å². The molecular formula is C18H38N2.